The molecule has 1 aromatic heterocycles. The van der Waals surface area contributed by atoms with E-state index in [2.05, 4.69) is 4.98 Å². The Labute approximate surface area is 188 Å². The van der Waals surface area contributed by atoms with Crippen molar-refractivity contribution in [3.05, 3.63) is 83.4 Å². The molecular formula is C22H20F3N3O4S. The van der Waals surface area contributed by atoms with Crippen molar-refractivity contribution >= 4 is 16.0 Å². The van der Waals surface area contributed by atoms with Crippen molar-refractivity contribution in [3.8, 4) is 0 Å². The molecule has 0 saturated carbocycles. The van der Waals surface area contributed by atoms with Crippen molar-refractivity contribution in [2.75, 3.05) is 7.11 Å². The van der Waals surface area contributed by atoms with Crippen LogP contribution in [0, 0.1) is 0 Å². The number of carbonyl (C=O) groups excluding carboxylic acids is 1. The van der Waals surface area contributed by atoms with Crippen LogP contribution in [0.5, 0.6) is 0 Å². The number of esters is 1. The van der Waals surface area contributed by atoms with E-state index in [-0.39, 0.29) is 13.0 Å². The molecule has 7 nitrogen and oxygen atoms in total. The SMILES string of the molecule is COC(=O)[C@@H]1Cc2ncn(Cc3ccccc3)c2CN1S(=O)(=O)c1cccc(C(F)(F)F)c1. The molecule has 0 spiro atoms. The van der Waals surface area contributed by atoms with Gasteiger partial charge < -0.3 is 9.30 Å². The molecule has 3 aromatic rings. The fraction of sp³-hybridized carbons (Fsp3) is 0.273. The van der Waals surface area contributed by atoms with Gasteiger partial charge in [0.25, 0.3) is 0 Å². The van der Waals surface area contributed by atoms with Crippen LogP contribution in [0.25, 0.3) is 0 Å². The number of hydrogen-bond donors (Lipinski definition) is 0. The highest BCUT2D eigenvalue weighted by Gasteiger charge is 2.43. The van der Waals surface area contributed by atoms with Crippen molar-refractivity contribution in [1.82, 2.24) is 13.9 Å². The number of hydrogen-bond acceptors (Lipinski definition) is 5. The molecule has 0 bridgehead atoms. The zero-order valence-corrected chi connectivity index (χ0v) is 18.3. The number of fused-ring (bicyclic) bond motifs is 1. The van der Waals surface area contributed by atoms with Crippen LogP contribution in [0.1, 0.15) is 22.5 Å². The summed E-state index contributed by atoms with van der Waals surface area (Å²) in [6.07, 6.45) is -3.20. The second-order valence-electron chi connectivity index (χ2n) is 7.57. The lowest BCUT2D eigenvalue weighted by molar-refractivity contribution is -0.145. The zero-order chi connectivity index (χ0) is 23.8. The molecule has 2 heterocycles. The molecule has 0 radical (unpaired) electrons. The van der Waals surface area contributed by atoms with Gasteiger partial charge in [-0.3, -0.25) is 4.79 Å². The van der Waals surface area contributed by atoms with Gasteiger partial charge >= 0.3 is 12.1 Å². The van der Waals surface area contributed by atoms with Crippen LogP contribution in [0.2, 0.25) is 0 Å². The highest BCUT2D eigenvalue weighted by Crippen LogP contribution is 2.33. The third-order valence-corrected chi connectivity index (χ3v) is 7.36. The van der Waals surface area contributed by atoms with Gasteiger partial charge in [-0.15, -0.1) is 0 Å². The van der Waals surface area contributed by atoms with Gasteiger partial charge in [0.2, 0.25) is 10.0 Å². The van der Waals surface area contributed by atoms with Crippen LogP contribution >= 0.6 is 0 Å². The van der Waals surface area contributed by atoms with Crippen LogP contribution in [-0.4, -0.2) is 41.4 Å². The summed E-state index contributed by atoms with van der Waals surface area (Å²) in [6.45, 7) is 0.185. The highest BCUT2D eigenvalue weighted by atomic mass is 32.2. The minimum Gasteiger partial charge on any atom is -0.468 e. The molecule has 1 aliphatic heterocycles. The normalized spacial score (nSPS) is 16.9. The number of benzene rings is 2. The molecule has 174 valence electrons. The summed E-state index contributed by atoms with van der Waals surface area (Å²) in [5.41, 5.74) is 0.969. The van der Waals surface area contributed by atoms with Crippen LogP contribution in [0.4, 0.5) is 13.2 Å². The molecule has 0 fully saturated rings. The maximum absolute atomic E-state index is 13.4. The third-order valence-electron chi connectivity index (χ3n) is 5.51. The molecule has 11 heteroatoms. The number of nitrogens with zero attached hydrogens (tertiary/aromatic N) is 3. The van der Waals surface area contributed by atoms with Crippen LogP contribution < -0.4 is 0 Å². The third kappa shape index (κ3) is 4.51. The maximum Gasteiger partial charge on any atom is 0.416 e. The fourth-order valence-electron chi connectivity index (χ4n) is 3.82. The standard InChI is InChI=1S/C22H20F3N3O4S/c1-32-21(29)19-11-18-20(27(14-26-18)12-15-6-3-2-4-7-15)13-28(19)33(30,31)17-9-5-8-16(10-17)22(23,24)25/h2-10,14,19H,11-13H2,1H3/t19-/m0/s1. The number of aromatic nitrogens is 2. The summed E-state index contributed by atoms with van der Waals surface area (Å²) in [7, 11) is -3.34. The van der Waals surface area contributed by atoms with Crippen LogP contribution in [0.3, 0.4) is 0 Å². The van der Waals surface area contributed by atoms with E-state index in [9.17, 15) is 26.4 Å². The second kappa shape index (κ2) is 8.64. The number of halogens is 3. The van der Waals surface area contributed by atoms with Crippen molar-refractivity contribution in [3.63, 3.8) is 0 Å². The Morgan fingerprint density at radius 1 is 1.15 bits per heavy atom. The Balaban J connectivity index is 1.74. The van der Waals surface area contributed by atoms with Crippen LogP contribution in [0.15, 0.2) is 65.8 Å². The topological polar surface area (TPSA) is 81.5 Å². The van der Waals surface area contributed by atoms with Gasteiger partial charge in [0.1, 0.15) is 6.04 Å². The molecule has 0 unspecified atom stereocenters. The first-order valence-electron chi connectivity index (χ1n) is 9.95. The van der Waals surface area contributed by atoms with Crippen molar-refractivity contribution < 1.29 is 31.1 Å². The first-order chi connectivity index (χ1) is 15.6. The average molecular weight is 479 g/mol. The molecule has 0 saturated heterocycles. The lowest BCUT2D eigenvalue weighted by Gasteiger charge is -2.33. The number of alkyl halides is 3. The summed E-state index contributed by atoms with van der Waals surface area (Å²) >= 11 is 0. The van der Waals surface area contributed by atoms with Crippen molar-refractivity contribution in [2.24, 2.45) is 0 Å². The largest absolute Gasteiger partial charge is 0.468 e. The molecule has 0 amide bonds. The predicted molar refractivity (Wildman–Crippen MR) is 111 cm³/mol. The Morgan fingerprint density at radius 3 is 2.55 bits per heavy atom. The highest BCUT2D eigenvalue weighted by molar-refractivity contribution is 7.89. The van der Waals surface area contributed by atoms with Crippen molar-refractivity contribution in [2.45, 2.75) is 36.6 Å². The number of methoxy groups -OCH3 is 1. The second-order valence-corrected chi connectivity index (χ2v) is 9.46. The first-order valence-corrected chi connectivity index (χ1v) is 11.4. The number of ether oxygens (including phenoxy) is 1. The van der Waals surface area contributed by atoms with E-state index in [1.165, 1.54) is 0 Å². The minimum absolute atomic E-state index is 0.0536. The molecular weight excluding hydrogens is 459 g/mol. The summed E-state index contributed by atoms with van der Waals surface area (Å²) in [6, 6.07) is 11.6. The summed E-state index contributed by atoms with van der Waals surface area (Å²) < 4.78 is 73.8. The van der Waals surface area contributed by atoms with Gasteiger partial charge in [-0.2, -0.15) is 17.5 Å². The lowest BCUT2D eigenvalue weighted by Crippen LogP contribution is -2.49. The average Bonchev–Trinajstić information content (AvgIpc) is 3.19. The van der Waals surface area contributed by atoms with Gasteiger partial charge in [0.05, 0.1) is 41.8 Å². The Kier molecular flexibility index (Phi) is 6.02. The Hall–Kier alpha value is -3.18. The van der Waals surface area contributed by atoms with Gasteiger partial charge in [-0.25, -0.2) is 13.4 Å². The summed E-state index contributed by atoms with van der Waals surface area (Å²) in [5.74, 6) is -0.811. The fourth-order valence-corrected chi connectivity index (χ4v) is 5.40. The monoisotopic (exact) mass is 479 g/mol. The van der Waals surface area contributed by atoms with Gasteiger partial charge in [-0.05, 0) is 23.8 Å². The molecule has 2 aromatic carbocycles. The van der Waals surface area contributed by atoms with E-state index in [4.69, 9.17) is 4.74 Å². The number of sulfonamides is 1. The lowest BCUT2D eigenvalue weighted by atomic mass is 10.1. The number of rotatable bonds is 5. The predicted octanol–water partition coefficient (Wildman–Crippen LogP) is 3.24. The molecule has 1 aliphatic rings. The smallest absolute Gasteiger partial charge is 0.416 e. The van der Waals surface area contributed by atoms with E-state index in [0.29, 0.717) is 24.0 Å². The summed E-state index contributed by atoms with van der Waals surface area (Å²) in [5, 5.41) is 0. The molecule has 0 aliphatic carbocycles. The number of carbonyl (C=O) groups is 1. The summed E-state index contributed by atoms with van der Waals surface area (Å²) in [4.78, 5) is 16.2. The molecule has 4 rings (SSSR count). The zero-order valence-electron chi connectivity index (χ0n) is 17.5. The number of imidazole rings is 1. The van der Waals surface area contributed by atoms with Crippen LogP contribution in [-0.2, 0) is 45.2 Å². The maximum atomic E-state index is 13.4. The Bertz CT molecular complexity index is 1270. The first kappa shape index (κ1) is 23.0. The van der Waals surface area contributed by atoms with E-state index < -0.39 is 38.7 Å². The van der Waals surface area contributed by atoms with Gasteiger partial charge in [0, 0.05) is 13.0 Å². The molecule has 33 heavy (non-hydrogen) atoms. The molecule has 0 N–H and O–H groups in total. The van der Waals surface area contributed by atoms with E-state index in [1.54, 1.807) is 10.9 Å². The van der Waals surface area contributed by atoms with Gasteiger partial charge in [0.15, 0.2) is 0 Å². The Morgan fingerprint density at radius 2 is 1.88 bits per heavy atom. The van der Waals surface area contributed by atoms with Crippen molar-refractivity contribution in [1.29, 1.82) is 0 Å². The quantitative estimate of drug-likeness (QED) is 0.525. The van der Waals surface area contributed by atoms with Gasteiger partial charge in [-0.1, -0.05) is 36.4 Å². The minimum atomic E-state index is -4.71. The van der Waals surface area contributed by atoms with E-state index >= 15 is 0 Å². The van der Waals surface area contributed by atoms with E-state index in [0.717, 1.165) is 35.2 Å². The van der Waals surface area contributed by atoms with E-state index in [1.807, 2.05) is 30.3 Å². The molecule has 1 atom stereocenters.